The first-order chi connectivity index (χ1) is 17.4. The molecule has 0 aromatic heterocycles. The number of nitrogens with zero attached hydrogens (tertiary/aromatic N) is 2. The summed E-state index contributed by atoms with van der Waals surface area (Å²) in [6.07, 6.45) is 0. The smallest absolute Gasteiger partial charge is 0.264 e. The summed E-state index contributed by atoms with van der Waals surface area (Å²) in [6, 6.07) is 17.8. The molecule has 0 aliphatic carbocycles. The lowest BCUT2D eigenvalue weighted by atomic mass is 10.1. The van der Waals surface area contributed by atoms with E-state index >= 15 is 0 Å². The number of rotatable bonds is 9. The molecule has 3 rings (SSSR count). The van der Waals surface area contributed by atoms with Crippen molar-refractivity contribution < 1.29 is 18.0 Å². The van der Waals surface area contributed by atoms with Gasteiger partial charge in [-0.3, -0.25) is 13.9 Å². The number of carbonyl (C=O) groups excluding carboxylic acids is 2. The highest BCUT2D eigenvalue weighted by Crippen LogP contribution is 2.31. The molecule has 0 heterocycles. The average molecular weight is 607 g/mol. The van der Waals surface area contributed by atoms with E-state index in [2.05, 4.69) is 21.2 Å². The van der Waals surface area contributed by atoms with E-state index in [9.17, 15) is 18.0 Å². The van der Waals surface area contributed by atoms with Crippen LogP contribution in [0.25, 0.3) is 0 Å². The first kappa shape index (κ1) is 28.7. The van der Waals surface area contributed by atoms with Crippen LogP contribution in [0, 0.1) is 13.8 Å². The number of aryl methyl sites for hydroxylation is 1. The molecule has 1 atom stereocenters. The van der Waals surface area contributed by atoms with Crippen LogP contribution >= 0.6 is 27.5 Å². The minimum atomic E-state index is -4.15. The summed E-state index contributed by atoms with van der Waals surface area (Å²) >= 11 is 9.76. The Labute approximate surface area is 231 Å². The summed E-state index contributed by atoms with van der Waals surface area (Å²) in [6.45, 7) is 4.76. The van der Waals surface area contributed by atoms with Gasteiger partial charge in [0, 0.05) is 23.1 Å². The van der Waals surface area contributed by atoms with Crippen molar-refractivity contribution in [1.29, 1.82) is 0 Å². The molecule has 0 radical (unpaired) electrons. The standard InChI is InChI=1S/C27H29BrClN3O4S/c1-18-11-13-23(14-12-18)37(35,36)32(25-10-6-9-24(29)19(25)2)17-26(33)31(20(3)27(34)30-4)16-21-7-5-8-22(28)15-21/h5-15,20H,16-17H2,1-4H3,(H,30,34)/t20-/m1/s1. The third kappa shape index (κ3) is 6.71. The van der Waals surface area contributed by atoms with Crippen molar-refractivity contribution in [2.45, 2.75) is 38.3 Å². The Balaban J connectivity index is 2.08. The van der Waals surface area contributed by atoms with Crippen LogP contribution in [-0.4, -0.2) is 44.8 Å². The third-order valence-electron chi connectivity index (χ3n) is 6.05. The largest absolute Gasteiger partial charge is 0.357 e. The number of anilines is 1. The van der Waals surface area contributed by atoms with Crippen molar-refractivity contribution in [3.63, 3.8) is 0 Å². The zero-order valence-electron chi connectivity index (χ0n) is 21.0. The van der Waals surface area contributed by atoms with Crippen molar-refractivity contribution in [3.8, 4) is 0 Å². The van der Waals surface area contributed by atoms with Crippen molar-refractivity contribution in [2.24, 2.45) is 0 Å². The Morgan fingerprint density at radius 1 is 1.03 bits per heavy atom. The summed E-state index contributed by atoms with van der Waals surface area (Å²) in [5.41, 5.74) is 2.49. The van der Waals surface area contributed by atoms with E-state index in [-0.39, 0.29) is 23.0 Å². The molecule has 37 heavy (non-hydrogen) atoms. The molecule has 0 unspecified atom stereocenters. The molecule has 1 N–H and O–H groups in total. The van der Waals surface area contributed by atoms with Gasteiger partial charge in [-0.25, -0.2) is 8.42 Å². The van der Waals surface area contributed by atoms with Gasteiger partial charge in [-0.2, -0.15) is 0 Å². The van der Waals surface area contributed by atoms with E-state index in [0.29, 0.717) is 10.6 Å². The molecular formula is C27H29BrClN3O4S. The Hall–Kier alpha value is -2.88. The van der Waals surface area contributed by atoms with Gasteiger partial charge in [0.05, 0.1) is 10.6 Å². The number of hydrogen-bond acceptors (Lipinski definition) is 4. The van der Waals surface area contributed by atoms with Crippen LogP contribution in [0.2, 0.25) is 5.02 Å². The monoisotopic (exact) mass is 605 g/mol. The molecule has 0 spiro atoms. The van der Waals surface area contributed by atoms with Crippen LogP contribution in [0.5, 0.6) is 0 Å². The highest BCUT2D eigenvalue weighted by Gasteiger charge is 2.33. The van der Waals surface area contributed by atoms with E-state index < -0.39 is 28.5 Å². The zero-order valence-corrected chi connectivity index (χ0v) is 24.2. The molecule has 0 aliphatic rings. The van der Waals surface area contributed by atoms with Gasteiger partial charge in [0.1, 0.15) is 12.6 Å². The Bertz CT molecular complexity index is 1400. The van der Waals surface area contributed by atoms with E-state index in [4.69, 9.17) is 11.6 Å². The first-order valence-corrected chi connectivity index (χ1v) is 14.2. The lowest BCUT2D eigenvalue weighted by Crippen LogP contribution is -2.50. The fourth-order valence-electron chi connectivity index (χ4n) is 3.84. The van der Waals surface area contributed by atoms with Gasteiger partial charge in [-0.1, -0.05) is 63.4 Å². The maximum Gasteiger partial charge on any atom is 0.264 e. The Morgan fingerprint density at radius 3 is 2.30 bits per heavy atom. The van der Waals surface area contributed by atoms with E-state index in [1.165, 1.54) is 24.1 Å². The molecule has 10 heteroatoms. The molecular weight excluding hydrogens is 578 g/mol. The average Bonchev–Trinajstić information content (AvgIpc) is 2.87. The highest BCUT2D eigenvalue weighted by atomic mass is 79.9. The van der Waals surface area contributed by atoms with Crippen molar-refractivity contribution >= 4 is 55.1 Å². The Kier molecular flexibility index (Phi) is 9.39. The Morgan fingerprint density at radius 2 is 1.68 bits per heavy atom. The van der Waals surface area contributed by atoms with Crippen molar-refractivity contribution in [2.75, 3.05) is 17.9 Å². The third-order valence-corrected chi connectivity index (χ3v) is 8.73. The second-order valence-electron chi connectivity index (χ2n) is 8.65. The molecule has 0 saturated carbocycles. The summed E-state index contributed by atoms with van der Waals surface area (Å²) in [5, 5.41) is 2.94. The fraction of sp³-hybridized carbons (Fsp3) is 0.259. The van der Waals surface area contributed by atoms with Gasteiger partial charge in [-0.05, 0) is 68.3 Å². The molecule has 3 aromatic rings. The van der Waals surface area contributed by atoms with Crippen LogP contribution in [0.3, 0.4) is 0 Å². The van der Waals surface area contributed by atoms with Crippen LogP contribution in [0.4, 0.5) is 5.69 Å². The van der Waals surface area contributed by atoms with E-state index in [1.807, 2.05) is 31.2 Å². The van der Waals surface area contributed by atoms with Gasteiger partial charge in [-0.15, -0.1) is 0 Å². The molecule has 196 valence electrons. The molecule has 2 amide bonds. The minimum absolute atomic E-state index is 0.0446. The SMILES string of the molecule is CNC(=O)[C@@H](C)N(Cc1cccc(Br)c1)C(=O)CN(c1cccc(Cl)c1C)S(=O)(=O)c1ccc(C)cc1. The first-order valence-electron chi connectivity index (χ1n) is 11.6. The van der Waals surface area contributed by atoms with Gasteiger partial charge < -0.3 is 10.2 Å². The number of likely N-dealkylation sites (N-methyl/N-ethyl adjacent to an activating group) is 1. The normalized spacial score (nSPS) is 12.1. The maximum absolute atomic E-state index is 13.9. The van der Waals surface area contributed by atoms with Crippen LogP contribution in [0.1, 0.15) is 23.6 Å². The maximum atomic E-state index is 13.9. The highest BCUT2D eigenvalue weighted by molar-refractivity contribution is 9.10. The van der Waals surface area contributed by atoms with Crippen molar-refractivity contribution in [1.82, 2.24) is 10.2 Å². The quantitative estimate of drug-likeness (QED) is 0.368. The number of carbonyl (C=O) groups is 2. The number of amides is 2. The predicted molar refractivity (Wildman–Crippen MR) is 150 cm³/mol. The lowest BCUT2D eigenvalue weighted by Gasteiger charge is -2.32. The van der Waals surface area contributed by atoms with Crippen LogP contribution < -0.4 is 9.62 Å². The van der Waals surface area contributed by atoms with Crippen LogP contribution in [0.15, 0.2) is 76.1 Å². The summed E-state index contributed by atoms with van der Waals surface area (Å²) in [4.78, 5) is 27.8. The molecule has 7 nitrogen and oxygen atoms in total. The summed E-state index contributed by atoms with van der Waals surface area (Å²) in [7, 11) is -2.66. The predicted octanol–water partition coefficient (Wildman–Crippen LogP) is 5.08. The van der Waals surface area contributed by atoms with Gasteiger partial charge in [0.25, 0.3) is 10.0 Å². The second-order valence-corrected chi connectivity index (χ2v) is 11.8. The summed E-state index contributed by atoms with van der Waals surface area (Å²) in [5.74, 6) is -0.902. The van der Waals surface area contributed by atoms with E-state index in [1.54, 1.807) is 44.2 Å². The van der Waals surface area contributed by atoms with E-state index in [0.717, 1.165) is 19.9 Å². The molecule has 0 saturated heterocycles. The molecule has 0 aliphatic heterocycles. The van der Waals surface area contributed by atoms with Gasteiger partial charge in [0.2, 0.25) is 11.8 Å². The lowest BCUT2D eigenvalue weighted by molar-refractivity contribution is -0.139. The zero-order chi connectivity index (χ0) is 27.3. The topological polar surface area (TPSA) is 86.8 Å². The molecule has 3 aromatic carbocycles. The van der Waals surface area contributed by atoms with Crippen LogP contribution in [-0.2, 0) is 26.2 Å². The fourth-order valence-corrected chi connectivity index (χ4v) is 5.93. The number of nitrogens with one attached hydrogen (secondary N) is 1. The molecule has 0 fully saturated rings. The van der Waals surface area contributed by atoms with Gasteiger partial charge in [0.15, 0.2) is 0 Å². The second kappa shape index (κ2) is 12.1. The number of benzene rings is 3. The minimum Gasteiger partial charge on any atom is -0.357 e. The number of hydrogen-bond donors (Lipinski definition) is 1. The number of halogens is 2. The van der Waals surface area contributed by atoms with Crippen molar-refractivity contribution in [3.05, 3.63) is 92.9 Å². The molecule has 0 bridgehead atoms. The van der Waals surface area contributed by atoms with Gasteiger partial charge >= 0.3 is 0 Å². The summed E-state index contributed by atoms with van der Waals surface area (Å²) < 4.78 is 29.6. The number of sulfonamides is 1.